The molecule has 0 aromatic carbocycles. The number of nitrogens with two attached hydrogens (primary N) is 2. The zero-order chi connectivity index (χ0) is 13.0. The average molecular weight is 257 g/mol. The lowest BCUT2D eigenvalue weighted by molar-refractivity contribution is -0.118. The minimum Gasteiger partial charge on any atom is -0.384 e. The fourth-order valence-electron chi connectivity index (χ4n) is 1.26. The van der Waals surface area contributed by atoms with E-state index in [-0.39, 0.29) is 29.0 Å². The van der Waals surface area contributed by atoms with Crippen molar-refractivity contribution in [3.05, 3.63) is 22.8 Å². The molecule has 0 aliphatic carbocycles. The number of anilines is 1. The van der Waals surface area contributed by atoms with E-state index in [1.807, 2.05) is 0 Å². The van der Waals surface area contributed by atoms with Gasteiger partial charge in [-0.25, -0.2) is 4.98 Å². The van der Waals surface area contributed by atoms with Crippen molar-refractivity contribution in [3.8, 4) is 0 Å². The molecule has 0 aliphatic rings. The van der Waals surface area contributed by atoms with E-state index >= 15 is 0 Å². The molecule has 1 heterocycles. The molecule has 2 amide bonds. The highest BCUT2D eigenvalue weighted by molar-refractivity contribution is 6.33. The second-order valence-electron chi connectivity index (χ2n) is 3.61. The number of carbonyl (C=O) groups is 2. The third-order valence-electron chi connectivity index (χ3n) is 1.97. The van der Waals surface area contributed by atoms with Gasteiger partial charge in [0, 0.05) is 12.5 Å². The summed E-state index contributed by atoms with van der Waals surface area (Å²) in [6.07, 6.45) is 0.0473. The first-order valence-electron chi connectivity index (χ1n) is 4.91. The Labute approximate surface area is 103 Å². The Balaban J connectivity index is 2.76. The van der Waals surface area contributed by atoms with E-state index in [9.17, 15) is 9.59 Å². The number of hydrogen-bond donors (Lipinski definition) is 3. The van der Waals surface area contributed by atoms with Crippen molar-refractivity contribution in [2.45, 2.75) is 19.4 Å². The second-order valence-corrected chi connectivity index (χ2v) is 4.02. The fourth-order valence-corrected chi connectivity index (χ4v) is 1.45. The van der Waals surface area contributed by atoms with Crippen LogP contribution in [0.4, 0.5) is 5.82 Å². The molecule has 0 aliphatic heterocycles. The minimum absolute atomic E-state index is 0.0305. The van der Waals surface area contributed by atoms with Gasteiger partial charge in [0.25, 0.3) is 5.91 Å². The lowest BCUT2D eigenvalue weighted by Gasteiger charge is -2.12. The third-order valence-corrected chi connectivity index (χ3v) is 2.27. The Kier molecular flexibility index (Phi) is 4.28. The summed E-state index contributed by atoms with van der Waals surface area (Å²) in [4.78, 5) is 26.2. The first-order chi connectivity index (χ1) is 7.90. The summed E-state index contributed by atoms with van der Waals surface area (Å²) >= 11 is 5.81. The van der Waals surface area contributed by atoms with E-state index in [1.165, 1.54) is 12.1 Å². The zero-order valence-electron chi connectivity index (χ0n) is 9.24. The van der Waals surface area contributed by atoms with Gasteiger partial charge >= 0.3 is 0 Å². The molecule has 92 valence electrons. The standard InChI is InChI=1S/C10H13ClN4O2/c1-5(4-8(13)16)14-10(17)9-6(11)2-3-7(12)15-9/h2-3,5H,4H2,1H3,(H2,12,15)(H2,13,16)(H,14,17). The second kappa shape index (κ2) is 5.49. The maximum absolute atomic E-state index is 11.7. The van der Waals surface area contributed by atoms with Crippen LogP contribution in [-0.4, -0.2) is 22.8 Å². The van der Waals surface area contributed by atoms with Crippen LogP contribution < -0.4 is 16.8 Å². The predicted molar refractivity (Wildman–Crippen MR) is 64.4 cm³/mol. The predicted octanol–water partition coefficient (Wildman–Crippen LogP) is 0.311. The highest BCUT2D eigenvalue weighted by atomic mass is 35.5. The Morgan fingerprint density at radius 1 is 1.53 bits per heavy atom. The van der Waals surface area contributed by atoms with Crippen molar-refractivity contribution in [3.63, 3.8) is 0 Å². The van der Waals surface area contributed by atoms with Crippen LogP contribution in [0.5, 0.6) is 0 Å². The van der Waals surface area contributed by atoms with E-state index in [0.29, 0.717) is 0 Å². The van der Waals surface area contributed by atoms with Gasteiger partial charge in [0.1, 0.15) is 11.5 Å². The number of nitrogens with zero attached hydrogens (tertiary/aromatic N) is 1. The van der Waals surface area contributed by atoms with E-state index < -0.39 is 11.8 Å². The van der Waals surface area contributed by atoms with Crippen molar-refractivity contribution < 1.29 is 9.59 Å². The number of primary amides is 1. The highest BCUT2D eigenvalue weighted by Gasteiger charge is 2.16. The summed E-state index contributed by atoms with van der Waals surface area (Å²) in [6, 6.07) is 2.59. The number of halogens is 1. The lowest BCUT2D eigenvalue weighted by atomic mass is 10.2. The molecule has 0 saturated carbocycles. The average Bonchev–Trinajstić information content (AvgIpc) is 2.20. The quantitative estimate of drug-likeness (QED) is 0.720. The van der Waals surface area contributed by atoms with Crippen LogP contribution >= 0.6 is 11.6 Å². The largest absolute Gasteiger partial charge is 0.384 e. The molecule has 0 saturated heterocycles. The van der Waals surface area contributed by atoms with Crippen LogP contribution in [0.25, 0.3) is 0 Å². The van der Waals surface area contributed by atoms with Gasteiger partial charge in [0.15, 0.2) is 0 Å². The first-order valence-corrected chi connectivity index (χ1v) is 5.29. The smallest absolute Gasteiger partial charge is 0.271 e. The maximum Gasteiger partial charge on any atom is 0.271 e. The van der Waals surface area contributed by atoms with Gasteiger partial charge in [0.05, 0.1) is 5.02 Å². The number of pyridine rings is 1. The molecule has 1 unspecified atom stereocenters. The van der Waals surface area contributed by atoms with E-state index in [4.69, 9.17) is 23.1 Å². The number of hydrogen-bond acceptors (Lipinski definition) is 4. The van der Waals surface area contributed by atoms with Gasteiger partial charge < -0.3 is 16.8 Å². The summed E-state index contributed by atoms with van der Waals surface area (Å²) < 4.78 is 0. The number of aromatic nitrogens is 1. The number of nitrogen functional groups attached to an aromatic ring is 1. The summed E-state index contributed by atoms with van der Waals surface area (Å²) in [5, 5.41) is 2.75. The summed E-state index contributed by atoms with van der Waals surface area (Å²) in [5.41, 5.74) is 10.5. The monoisotopic (exact) mass is 256 g/mol. The molecule has 1 atom stereocenters. The summed E-state index contributed by atoms with van der Waals surface area (Å²) in [7, 11) is 0. The van der Waals surface area contributed by atoms with E-state index in [1.54, 1.807) is 6.92 Å². The van der Waals surface area contributed by atoms with Gasteiger partial charge in [-0.2, -0.15) is 0 Å². The normalized spacial score (nSPS) is 11.9. The lowest BCUT2D eigenvalue weighted by Crippen LogP contribution is -2.36. The first kappa shape index (κ1) is 13.2. The topological polar surface area (TPSA) is 111 Å². The SMILES string of the molecule is CC(CC(N)=O)NC(=O)c1nc(N)ccc1Cl. The molecule has 17 heavy (non-hydrogen) atoms. The van der Waals surface area contributed by atoms with Gasteiger partial charge in [-0.1, -0.05) is 11.6 Å². The maximum atomic E-state index is 11.7. The van der Waals surface area contributed by atoms with Crippen molar-refractivity contribution in [2.24, 2.45) is 5.73 Å². The minimum atomic E-state index is -0.496. The molecule has 1 aromatic rings. The molecule has 0 fully saturated rings. The molecular formula is C10H13ClN4O2. The molecule has 1 aromatic heterocycles. The Bertz CT molecular complexity index is 450. The van der Waals surface area contributed by atoms with E-state index in [0.717, 1.165) is 0 Å². The van der Waals surface area contributed by atoms with Crippen LogP contribution in [0.15, 0.2) is 12.1 Å². The molecule has 0 bridgehead atoms. The Morgan fingerprint density at radius 2 is 2.18 bits per heavy atom. The van der Waals surface area contributed by atoms with Crippen molar-refractivity contribution in [2.75, 3.05) is 5.73 Å². The van der Waals surface area contributed by atoms with Crippen LogP contribution in [0.2, 0.25) is 5.02 Å². The van der Waals surface area contributed by atoms with E-state index in [2.05, 4.69) is 10.3 Å². The Morgan fingerprint density at radius 3 is 2.76 bits per heavy atom. The summed E-state index contributed by atoms with van der Waals surface area (Å²) in [5.74, 6) is -0.789. The fraction of sp³-hybridized carbons (Fsp3) is 0.300. The van der Waals surface area contributed by atoms with Gasteiger partial charge in [0.2, 0.25) is 5.91 Å². The van der Waals surface area contributed by atoms with Crippen LogP contribution in [0.1, 0.15) is 23.8 Å². The Hall–Kier alpha value is -1.82. The van der Waals surface area contributed by atoms with Crippen LogP contribution in [0.3, 0.4) is 0 Å². The van der Waals surface area contributed by atoms with Crippen LogP contribution in [-0.2, 0) is 4.79 Å². The molecule has 0 spiro atoms. The van der Waals surface area contributed by atoms with Crippen molar-refractivity contribution in [1.29, 1.82) is 0 Å². The summed E-state index contributed by atoms with van der Waals surface area (Å²) in [6.45, 7) is 1.66. The zero-order valence-corrected chi connectivity index (χ0v) is 9.99. The molecule has 7 heteroatoms. The molecular weight excluding hydrogens is 244 g/mol. The van der Waals surface area contributed by atoms with Gasteiger partial charge in [-0.3, -0.25) is 9.59 Å². The van der Waals surface area contributed by atoms with Gasteiger partial charge in [-0.15, -0.1) is 0 Å². The van der Waals surface area contributed by atoms with Crippen molar-refractivity contribution >= 4 is 29.2 Å². The number of carbonyl (C=O) groups excluding carboxylic acids is 2. The van der Waals surface area contributed by atoms with Crippen molar-refractivity contribution in [1.82, 2.24) is 10.3 Å². The highest BCUT2D eigenvalue weighted by Crippen LogP contribution is 2.15. The molecule has 0 radical (unpaired) electrons. The molecule has 6 nitrogen and oxygen atoms in total. The molecule has 5 N–H and O–H groups in total. The number of amides is 2. The number of rotatable bonds is 4. The third kappa shape index (κ3) is 3.92. The number of nitrogens with one attached hydrogen (secondary N) is 1. The molecule has 1 rings (SSSR count). The van der Waals surface area contributed by atoms with Crippen LogP contribution in [0, 0.1) is 0 Å². The van der Waals surface area contributed by atoms with Gasteiger partial charge in [-0.05, 0) is 19.1 Å².